The summed E-state index contributed by atoms with van der Waals surface area (Å²) >= 11 is 5.94. The normalized spacial score (nSPS) is 17.7. The van der Waals surface area contributed by atoms with E-state index >= 15 is 0 Å². The Kier molecular flexibility index (Phi) is 3.85. The molecule has 0 unspecified atom stereocenters. The average Bonchev–Trinajstić information content (AvgIpc) is 2.87. The van der Waals surface area contributed by atoms with Crippen molar-refractivity contribution in [1.82, 2.24) is 4.98 Å². The third-order valence-corrected chi connectivity index (χ3v) is 3.13. The van der Waals surface area contributed by atoms with Gasteiger partial charge in [-0.1, -0.05) is 18.5 Å². The summed E-state index contributed by atoms with van der Waals surface area (Å²) < 4.78 is 16.4. The molecular formula is C12H14ClNO4. The maximum absolute atomic E-state index is 11.3. The molecule has 0 aromatic carbocycles. The van der Waals surface area contributed by atoms with Gasteiger partial charge in [0.2, 0.25) is 5.88 Å². The van der Waals surface area contributed by atoms with Crippen LogP contribution in [-0.4, -0.2) is 31.6 Å². The fraction of sp³-hybridized carbons (Fsp3) is 0.500. The number of aromatic nitrogens is 1. The summed E-state index contributed by atoms with van der Waals surface area (Å²) in [5, 5.41) is 0.236. The van der Waals surface area contributed by atoms with Gasteiger partial charge in [-0.3, -0.25) is 4.79 Å². The second-order valence-corrected chi connectivity index (χ2v) is 4.22. The van der Waals surface area contributed by atoms with Gasteiger partial charge in [-0.25, -0.2) is 4.98 Å². The van der Waals surface area contributed by atoms with E-state index in [2.05, 4.69) is 4.98 Å². The van der Waals surface area contributed by atoms with Gasteiger partial charge in [0, 0.05) is 12.0 Å². The summed E-state index contributed by atoms with van der Waals surface area (Å²) in [6, 6.07) is 1.59. The maximum atomic E-state index is 11.3. The van der Waals surface area contributed by atoms with Crippen LogP contribution in [0.3, 0.4) is 0 Å². The lowest BCUT2D eigenvalue weighted by molar-refractivity contribution is -0.167. The number of hydrogen-bond acceptors (Lipinski definition) is 5. The second kappa shape index (κ2) is 5.22. The number of rotatable bonds is 4. The molecule has 0 amide bonds. The Bertz CT molecular complexity index is 458. The SMILES string of the molecule is CCC1(c2cc(Cl)nc(OC)c2C=O)OCCO1. The topological polar surface area (TPSA) is 57.7 Å². The molecule has 5 nitrogen and oxygen atoms in total. The number of pyridine rings is 1. The molecule has 0 N–H and O–H groups in total. The summed E-state index contributed by atoms with van der Waals surface area (Å²) in [5.74, 6) is -0.754. The van der Waals surface area contributed by atoms with Crippen molar-refractivity contribution in [3.05, 3.63) is 22.3 Å². The van der Waals surface area contributed by atoms with Crippen LogP contribution in [0.1, 0.15) is 29.3 Å². The Hall–Kier alpha value is -1.17. The number of nitrogens with zero attached hydrogens (tertiary/aromatic N) is 1. The minimum atomic E-state index is -0.934. The van der Waals surface area contributed by atoms with Gasteiger partial charge in [0.15, 0.2) is 12.1 Å². The standard InChI is InChI=1S/C12H14ClNO4/c1-3-12(17-4-5-18-12)9-6-10(13)14-11(16-2)8(9)7-15/h6-7H,3-5H2,1-2H3. The van der Waals surface area contributed by atoms with E-state index in [4.69, 9.17) is 25.8 Å². The lowest BCUT2D eigenvalue weighted by atomic mass is 9.99. The summed E-state index contributed by atoms with van der Waals surface area (Å²) in [4.78, 5) is 15.2. The van der Waals surface area contributed by atoms with Gasteiger partial charge < -0.3 is 14.2 Å². The van der Waals surface area contributed by atoms with Crippen LogP contribution in [0.5, 0.6) is 5.88 Å². The van der Waals surface area contributed by atoms with Gasteiger partial charge in [-0.15, -0.1) is 0 Å². The van der Waals surface area contributed by atoms with Crippen molar-refractivity contribution in [2.45, 2.75) is 19.1 Å². The Labute approximate surface area is 110 Å². The number of ether oxygens (including phenoxy) is 3. The molecule has 2 heterocycles. The molecular weight excluding hydrogens is 258 g/mol. The molecule has 98 valence electrons. The third-order valence-electron chi connectivity index (χ3n) is 2.93. The van der Waals surface area contributed by atoms with Crippen molar-refractivity contribution in [2.24, 2.45) is 0 Å². The van der Waals surface area contributed by atoms with Crippen LogP contribution in [0.2, 0.25) is 5.15 Å². The lowest BCUT2D eigenvalue weighted by Gasteiger charge is -2.28. The lowest BCUT2D eigenvalue weighted by Crippen LogP contribution is -2.28. The first kappa shape index (κ1) is 13.3. The van der Waals surface area contributed by atoms with Gasteiger partial charge in [-0.05, 0) is 6.07 Å². The average molecular weight is 272 g/mol. The second-order valence-electron chi connectivity index (χ2n) is 3.84. The summed E-state index contributed by atoms with van der Waals surface area (Å²) in [5.41, 5.74) is 0.875. The number of methoxy groups -OCH3 is 1. The Morgan fingerprint density at radius 1 is 1.56 bits per heavy atom. The minimum Gasteiger partial charge on any atom is -0.480 e. The van der Waals surface area contributed by atoms with Crippen molar-refractivity contribution in [1.29, 1.82) is 0 Å². The number of carbonyl (C=O) groups excluding carboxylic acids is 1. The Balaban J connectivity index is 2.61. The van der Waals surface area contributed by atoms with E-state index in [1.54, 1.807) is 6.07 Å². The summed E-state index contributed by atoms with van der Waals surface area (Å²) in [6.45, 7) is 2.88. The fourth-order valence-electron chi connectivity index (χ4n) is 2.09. The van der Waals surface area contributed by atoms with E-state index in [0.29, 0.717) is 37.0 Å². The number of hydrogen-bond donors (Lipinski definition) is 0. The predicted octanol–water partition coefficient (Wildman–Crippen LogP) is 2.17. The van der Waals surface area contributed by atoms with E-state index in [-0.39, 0.29) is 11.0 Å². The predicted molar refractivity (Wildman–Crippen MR) is 65.1 cm³/mol. The molecule has 1 saturated heterocycles. The van der Waals surface area contributed by atoms with Crippen LogP contribution in [0, 0.1) is 0 Å². The molecule has 0 saturated carbocycles. The first-order chi connectivity index (χ1) is 8.66. The van der Waals surface area contributed by atoms with Crippen LogP contribution in [-0.2, 0) is 15.3 Å². The van der Waals surface area contributed by atoms with E-state index < -0.39 is 5.79 Å². The zero-order chi connectivity index (χ0) is 13.2. The number of halogens is 1. The first-order valence-electron chi connectivity index (χ1n) is 5.65. The molecule has 6 heteroatoms. The van der Waals surface area contributed by atoms with Crippen molar-refractivity contribution < 1.29 is 19.0 Å². The molecule has 18 heavy (non-hydrogen) atoms. The number of carbonyl (C=O) groups is 1. The highest BCUT2D eigenvalue weighted by atomic mass is 35.5. The van der Waals surface area contributed by atoms with Gasteiger partial charge in [0.25, 0.3) is 0 Å². The van der Waals surface area contributed by atoms with Gasteiger partial charge >= 0.3 is 0 Å². The van der Waals surface area contributed by atoms with E-state index in [0.717, 1.165) is 0 Å². The zero-order valence-corrected chi connectivity index (χ0v) is 11.0. The van der Waals surface area contributed by atoms with Crippen molar-refractivity contribution >= 4 is 17.9 Å². The first-order valence-corrected chi connectivity index (χ1v) is 6.02. The van der Waals surface area contributed by atoms with Crippen LogP contribution >= 0.6 is 11.6 Å². The van der Waals surface area contributed by atoms with Crippen molar-refractivity contribution in [2.75, 3.05) is 20.3 Å². The largest absolute Gasteiger partial charge is 0.480 e. The van der Waals surface area contributed by atoms with E-state index in [9.17, 15) is 4.79 Å². The minimum absolute atomic E-state index is 0.180. The molecule has 0 bridgehead atoms. The van der Waals surface area contributed by atoms with E-state index in [1.807, 2.05) is 6.92 Å². The maximum Gasteiger partial charge on any atom is 0.225 e. The highest BCUT2D eigenvalue weighted by molar-refractivity contribution is 6.29. The van der Waals surface area contributed by atoms with Crippen LogP contribution in [0.15, 0.2) is 6.07 Å². The molecule has 2 rings (SSSR count). The van der Waals surface area contributed by atoms with Crippen LogP contribution in [0.4, 0.5) is 0 Å². The molecule has 0 spiro atoms. The molecule has 0 aliphatic carbocycles. The third kappa shape index (κ3) is 2.09. The van der Waals surface area contributed by atoms with Crippen molar-refractivity contribution in [3.63, 3.8) is 0 Å². The Morgan fingerprint density at radius 2 is 2.22 bits per heavy atom. The highest BCUT2D eigenvalue weighted by Crippen LogP contribution is 2.39. The monoisotopic (exact) mass is 271 g/mol. The van der Waals surface area contributed by atoms with Crippen LogP contribution < -0.4 is 4.74 Å². The Morgan fingerprint density at radius 3 is 2.72 bits per heavy atom. The number of aldehydes is 1. The van der Waals surface area contributed by atoms with E-state index in [1.165, 1.54) is 7.11 Å². The van der Waals surface area contributed by atoms with Gasteiger partial charge in [0.05, 0.1) is 25.9 Å². The molecule has 0 atom stereocenters. The molecule has 1 aromatic rings. The molecule has 0 radical (unpaired) electrons. The summed E-state index contributed by atoms with van der Waals surface area (Å²) in [7, 11) is 1.43. The zero-order valence-electron chi connectivity index (χ0n) is 10.2. The quantitative estimate of drug-likeness (QED) is 0.620. The van der Waals surface area contributed by atoms with Gasteiger partial charge in [-0.2, -0.15) is 0 Å². The molecule has 1 aliphatic rings. The fourth-order valence-corrected chi connectivity index (χ4v) is 2.28. The molecule has 1 fully saturated rings. The van der Waals surface area contributed by atoms with Crippen LogP contribution in [0.25, 0.3) is 0 Å². The molecule has 1 aliphatic heterocycles. The highest BCUT2D eigenvalue weighted by Gasteiger charge is 2.40. The van der Waals surface area contributed by atoms with Crippen molar-refractivity contribution in [3.8, 4) is 5.88 Å². The summed E-state index contributed by atoms with van der Waals surface area (Å²) in [6.07, 6.45) is 1.25. The van der Waals surface area contributed by atoms with Gasteiger partial charge in [0.1, 0.15) is 5.15 Å². The smallest absolute Gasteiger partial charge is 0.225 e. The molecule has 1 aromatic heterocycles.